The number of carbonyl (C=O) groups excluding carboxylic acids is 1. The lowest BCUT2D eigenvalue weighted by Gasteiger charge is -2.39. The fraction of sp³-hybridized carbons (Fsp3) is 0.400. The van der Waals surface area contributed by atoms with Gasteiger partial charge in [0.2, 0.25) is 5.91 Å². The molecule has 37 heavy (non-hydrogen) atoms. The summed E-state index contributed by atoms with van der Waals surface area (Å²) >= 11 is 10.2. The molecule has 0 spiro atoms. The van der Waals surface area contributed by atoms with Crippen molar-refractivity contribution in [1.29, 1.82) is 0 Å². The third-order valence-electron chi connectivity index (χ3n) is 7.17. The van der Waals surface area contributed by atoms with E-state index in [2.05, 4.69) is 14.8 Å². The zero-order valence-corrected chi connectivity index (χ0v) is 22.6. The van der Waals surface area contributed by atoms with Crippen LogP contribution < -0.4 is 10.5 Å². The highest BCUT2D eigenvalue weighted by Crippen LogP contribution is 2.44. The highest BCUT2D eigenvalue weighted by atomic mass is 35.5. The summed E-state index contributed by atoms with van der Waals surface area (Å²) in [6.07, 6.45) is 2.90. The monoisotopic (exact) mass is 563 g/mol. The average molecular weight is 564 g/mol. The van der Waals surface area contributed by atoms with Crippen molar-refractivity contribution < 1.29 is 13.6 Å². The van der Waals surface area contributed by atoms with Gasteiger partial charge < -0.3 is 14.4 Å². The molecule has 1 N–H and O–H groups in total. The minimum absolute atomic E-state index is 0.136. The first kappa shape index (κ1) is 26.1. The second kappa shape index (κ2) is 10.3. The maximum Gasteiger partial charge on any atom is 0.261 e. The number of hydrogen-bond donors (Lipinski definition) is 1. The number of carbonyl (C=O) groups is 1. The third-order valence-corrected chi connectivity index (χ3v) is 9.22. The van der Waals surface area contributed by atoms with Gasteiger partial charge >= 0.3 is 0 Å². The third kappa shape index (κ3) is 5.26. The Morgan fingerprint density at radius 3 is 2.49 bits per heavy atom. The van der Waals surface area contributed by atoms with E-state index in [0.29, 0.717) is 53.7 Å². The summed E-state index contributed by atoms with van der Waals surface area (Å²) in [5.74, 6) is -0.239. The van der Waals surface area contributed by atoms with Crippen LogP contribution in [0.4, 0.5) is 5.69 Å². The number of nitrogens with zero attached hydrogens (tertiary/aromatic N) is 5. The molecule has 0 bridgehead atoms. The molecule has 1 aliphatic heterocycles. The smallest absolute Gasteiger partial charge is 0.261 e. The van der Waals surface area contributed by atoms with Crippen molar-refractivity contribution in [3.63, 3.8) is 0 Å². The van der Waals surface area contributed by atoms with Crippen molar-refractivity contribution in [3.8, 4) is 0 Å². The van der Waals surface area contributed by atoms with Crippen LogP contribution in [0, 0.1) is 0 Å². The number of rotatable bonds is 7. The molecule has 196 valence electrons. The molecular weight excluding hydrogens is 537 g/mol. The second-order valence-electron chi connectivity index (χ2n) is 9.55. The van der Waals surface area contributed by atoms with Gasteiger partial charge in [0.05, 0.1) is 27.3 Å². The van der Waals surface area contributed by atoms with Gasteiger partial charge in [0, 0.05) is 45.5 Å². The number of aromatic nitrogens is 2. The molecule has 2 aliphatic rings. The predicted octanol–water partition coefficient (Wildman–Crippen LogP) is 3.20. The summed E-state index contributed by atoms with van der Waals surface area (Å²) in [4.78, 5) is 35.7. The van der Waals surface area contributed by atoms with Crippen LogP contribution in [0.3, 0.4) is 0 Å². The maximum atomic E-state index is 13.3. The van der Waals surface area contributed by atoms with Gasteiger partial charge in [-0.1, -0.05) is 29.3 Å². The van der Waals surface area contributed by atoms with Crippen molar-refractivity contribution in [2.45, 2.75) is 30.8 Å². The first-order valence-corrected chi connectivity index (χ1v) is 13.8. The molecule has 9 nitrogen and oxygen atoms in total. The van der Waals surface area contributed by atoms with E-state index in [-0.39, 0.29) is 18.0 Å². The van der Waals surface area contributed by atoms with Crippen molar-refractivity contribution in [1.82, 2.24) is 19.4 Å². The molecule has 3 aromatic rings. The van der Waals surface area contributed by atoms with E-state index in [1.165, 1.54) is 15.8 Å². The van der Waals surface area contributed by atoms with Gasteiger partial charge in [0.15, 0.2) is 11.1 Å². The normalized spacial score (nSPS) is 18.1. The van der Waals surface area contributed by atoms with E-state index in [1.807, 2.05) is 18.2 Å². The topological polar surface area (TPSA) is 99.0 Å². The Morgan fingerprint density at radius 1 is 1.11 bits per heavy atom. The minimum atomic E-state index is -1.85. The van der Waals surface area contributed by atoms with Gasteiger partial charge in [-0.2, -0.15) is 0 Å². The predicted molar refractivity (Wildman–Crippen MR) is 145 cm³/mol. The molecule has 1 unspecified atom stereocenters. The fourth-order valence-corrected chi connectivity index (χ4v) is 5.98. The largest absolute Gasteiger partial charge is 0.369 e. The summed E-state index contributed by atoms with van der Waals surface area (Å²) in [5, 5.41) is 1.31. The minimum Gasteiger partial charge on any atom is -0.369 e. The Labute approximate surface area is 226 Å². The van der Waals surface area contributed by atoms with E-state index in [0.717, 1.165) is 24.1 Å². The maximum absolute atomic E-state index is 13.3. The first-order chi connectivity index (χ1) is 17.7. The molecule has 1 aromatic heterocycles. The lowest BCUT2D eigenvalue weighted by molar-refractivity contribution is -0.131. The number of likely N-dealkylation sites (N-methyl/N-ethyl adjacent to an activating group) is 1. The summed E-state index contributed by atoms with van der Waals surface area (Å²) in [6.45, 7) is 2.94. The molecule has 1 amide bonds. The summed E-state index contributed by atoms with van der Waals surface area (Å²) < 4.78 is 22.8. The second-order valence-corrected chi connectivity index (χ2v) is 11.6. The summed E-state index contributed by atoms with van der Waals surface area (Å²) in [7, 11) is 1.67. The lowest BCUT2D eigenvalue weighted by atomic mass is 10.2. The number of fused-ring (bicyclic) bond motifs is 1. The molecule has 0 radical (unpaired) electrons. The Balaban J connectivity index is 1.29. The van der Waals surface area contributed by atoms with Crippen LogP contribution in [-0.2, 0) is 29.0 Å². The number of benzene rings is 2. The fourth-order valence-electron chi connectivity index (χ4n) is 4.80. The first-order valence-electron chi connectivity index (χ1n) is 12.0. The molecule has 2 aromatic carbocycles. The van der Waals surface area contributed by atoms with Gasteiger partial charge in [-0.25, -0.2) is 9.19 Å². The van der Waals surface area contributed by atoms with E-state index >= 15 is 0 Å². The van der Waals surface area contributed by atoms with Crippen molar-refractivity contribution in [3.05, 3.63) is 68.7 Å². The summed E-state index contributed by atoms with van der Waals surface area (Å²) in [5.41, 5.74) is 2.00. The molecule has 1 atom stereocenters. The standard InChI is InChI=1S/C25H27Cl2N5O4S/c1-29(14-17-2-4-20(26)21(27)12-17)23(33)15-31-16-28-22-5-3-18(13-19(22)24(31)34)30-8-10-32(11-9-30)25(6-7-25)37(35)36/h2-5,12-13,16H,6-11,14-15H2,1H3,(H,35,36). The molecular formula is C25H27Cl2N5O4S. The van der Waals surface area contributed by atoms with E-state index in [9.17, 15) is 18.4 Å². The zero-order valence-electron chi connectivity index (χ0n) is 20.3. The van der Waals surface area contributed by atoms with Crippen LogP contribution >= 0.6 is 23.2 Å². The van der Waals surface area contributed by atoms with Crippen molar-refractivity contribution >= 4 is 56.8 Å². The van der Waals surface area contributed by atoms with Crippen LogP contribution in [0.15, 0.2) is 47.5 Å². The SMILES string of the molecule is CN(Cc1ccc(Cl)c(Cl)c1)C(=O)Cn1cnc2ccc(N3CCN(C4(S(=O)O)CC4)CC3)cc2c1=O. The zero-order chi connectivity index (χ0) is 26.3. The van der Waals surface area contributed by atoms with Crippen molar-refractivity contribution in [2.24, 2.45) is 0 Å². The number of hydrogen-bond acceptors (Lipinski definition) is 6. The van der Waals surface area contributed by atoms with E-state index in [1.54, 1.807) is 25.2 Å². The number of piperazine rings is 1. The highest BCUT2D eigenvalue weighted by Gasteiger charge is 2.54. The Morgan fingerprint density at radius 2 is 1.84 bits per heavy atom. The van der Waals surface area contributed by atoms with E-state index in [4.69, 9.17) is 23.2 Å². The van der Waals surface area contributed by atoms with E-state index < -0.39 is 16.0 Å². The van der Waals surface area contributed by atoms with Crippen LogP contribution in [-0.4, -0.2) is 72.1 Å². The van der Waals surface area contributed by atoms with Crippen LogP contribution in [0.5, 0.6) is 0 Å². The highest BCUT2D eigenvalue weighted by molar-refractivity contribution is 7.81. The summed E-state index contributed by atoms with van der Waals surface area (Å²) in [6, 6.07) is 10.8. The van der Waals surface area contributed by atoms with Gasteiger partial charge in [-0.15, -0.1) is 0 Å². The number of amides is 1. The quantitative estimate of drug-likeness (QED) is 0.440. The van der Waals surface area contributed by atoms with Crippen molar-refractivity contribution in [2.75, 3.05) is 38.1 Å². The molecule has 1 saturated heterocycles. The Kier molecular flexibility index (Phi) is 7.30. The van der Waals surface area contributed by atoms with Gasteiger partial charge in [-0.05, 0) is 48.7 Å². The lowest BCUT2D eigenvalue weighted by Crippen LogP contribution is -2.52. The molecule has 1 aliphatic carbocycles. The Hall–Kier alpha value is -2.50. The average Bonchev–Trinajstić information content (AvgIpc) is 3.70. The molecule has 1 saturated carbocycles. The number of anilines is 1. The molecule has 2 fully saturated rings. The van der Waals surface area contributed by atoms with Gasteiger partial charge in [0.25, 0.3) is 5.56 Å². The van der Waals surface area contributed by atoms with Gasteiger partial charge in [0.1, 0.15) is 11.4 Å². The van der Waals surface area contributed by atoms with Gasteiger partial charge in [-0.3, -0.25) is 19.1 Å². The van der Waals surface area contributed by atoms with Crippen LogP contribution in [0.25, 0.3) is 10.9 Å². The number of halogens is 2. The molecule has 12 heteroatoms. The van der Waals surface area contributed by atoms with Crippen LogP contribution in [0.2, 0.25) is 10.0 Å². The molecule has 5 rings (SSSR count). The molecule has 2 heterocycles. The van der Waals surface area contributed by atoms with Crippen LogP contribution in [0.1, 0.15) is 18.4 Å². The Bertz CT molecular complexity index is 1440.